The van der Waals surface area contributed by atoms with Gasteiger partial charge < -0.3 is 24.2 Å². The van der Waals surface area contributed by atoms with Gasteiger partial charge in [0.1, 0.15) is 6.10 Å². The molecule has 0 saturated carbocycles. The molecular weight excluding hydrogens is 437 g/mol. The van der Waals surface area contributed by atoms with Crippen LogP contribution in [-0.4, -0.2) is 61.0 Å². The highest BCUT2D eigenvalue weighted by atomic mass is 127. The Bertz CT molecular complexity index is 526. The molecule has 1 fully saturated rings. The number of halogens is 1. The second kappa shape index (κ2) is 11.6. The fourth-order valence-corrected chi connectivity index (χ4v) is 2.76. The van der Waals surface area contributed by atoms with Gasteiger partial charge in [-0.1, -0.05) is 5.16 Å². The van der Waals surface area contributed by atoms with E-state index in [0.717, 1.165) is 38.7 Å². The highest BCUT2D eigenvalue weighted by molar-refractivity contribution is 14.0. The van der Waals surface area contributed by atoms with E-state index in [2.05, 4.69) is 25.3 Å². The molecular formula is C16H30IN5O3. The van der Waals surface area contributed by atoms with Gasteiger partial charge in [0.15, 0.2) is 11.8 Å². The van der Waals surface area contributed by atoms with Gasteiger partial charge in [-0.05, 0) is 27.2 Å². The molecule has 144 valence electrons. The number of hydrogen-bond donors (Lipinski definition) is 1. The number of ether oxygens (including phenoxy) is 2. The molecule has 0 aromatic carbocycles. The molecule has 1 aliphatic heterocycles. The van der Waals surface area contributed by atoms with Crippen molar-refractivity contribution in [3.05, 3.63) is 11.7 Å². The number of rotatable bonds is 8. The van der Waals surface area contributed by atoms with E-state index in [9.17, 15) is 0 Å². The third-order valence-corrected chi connectivity index (χ3v) is 4.02. The van der Waals surface area contributed by atoms with Gasteiger partial charge in [0.05, 0.1) is 13.2 Å². The summed E-state index contributed by atoms with van der Waals surface area (Å²) in [5.74, 6) is 2.52. The van der Waals surface area contributed by atoms with Crippen LogP contribution in [0.1, 0.15) is 45.0 Å². The van der Waals surface area contributed by atoms with E-state index in [1.165, 1.54) is 0 Å². The van der Waals surface area contributed by atoms with Crippen LogP contribution in [-0.2, 0) is 16.0 Å². The summed E-state index contributed by atoms with van der Waals surface area (Å²) in [7, 11) is 1.79. The van der Waals surface area contributed by atoms with Gasteiger partial charge in [-0.3, -0.25) is 4.99 Å². The summed E-state index contributed by atoms with van der Waals surface area (Å²) < 4.78 is 16.3. The van der Waals surface area contributed by atoms with Crippen molar-refractivity contribution in [2.45, 2.75) is 39.8 Å². The quantitative estimate of drug-likeness (QED) is 0.357. The number of guanidine groups is 1. The molecule has 2 heterocycles. The summed E-state index contributed by atoms with van der Waals surface area (Å²) in [6, 6.07) is 0. The SMILES string of the molecule is CCOCC1CCN(C(=NC)NCc2nc(C(C)OCC)no2)C1.I. The van der Waals surface area contributed by atoms with Crippen molar-refractivity contribution in [2.75, 3.05) is 40.0 Å². The van der Waals surface area contributed by atoms with Crippen LogP contribution in [0.5, 0.6) is 0 Å². The average Bonchev–Trinajstić information content (AvgIpc) is 3.23. The number of nitrogens with one attached hydrogen (secondary N) is 1. The summed E-state index contributed by atoms with van der Waals surface area (Å²) in [5, 5.41) is 7.25. The molecule has 1 aliphatic rings. The Kier molecular flexibility index (Phi) is 10.3. The van der Waals surface area contributed by atoms with E-state index >= 15 is 0 Å². The standard InChI is InChI=1S/C16H29N5O3.HI/c1-5-22-11-13-7-8-21(10-13)16(17-4)18-9-14-19-15(20-24-14)12(3)23-6-2;/h12-13H,5-11H2,1-4H3,(H,17,18);1H. The lowest BCUT2D eigenvalue weighted by atomic mass is 10.1. The molecule has 2 rings (SSSR count). The Labute approximate surface area is 166 Å². The molecule has 0 amide bonds. The highest BCUT2D eigenvalue weighted by Crippen LogP contribution is 2.17. The van der Waals surface area contributed by atoms with Gasteiger partial charge in [-0.15, -0.1) is 24.0 Å². The van der Waals surface area contributed by atoms with Crippen LogP contribution in [0.15, 0.2) is 9.52 Å². The Morgan fingerprint density at radius 3 is 2.92 bits per heavy atom. The third-order valence-electron chi connectivity index (χ3n) is 4.02. The third kappa shape index (κ3) is 6.70. The summed E-state index contributed by atoms with van der Waals surface area (Å²) in [6.07, 6.45) is 0.960. The minimum absolute atomic E-state index is 0. The van der Waals surface area contributed by atoms with Crippen LogP contribution in [0.2, 0.25) is 0 Å². The first-order chi connectivity index (χ1) is 11.7. The van der Waals surface area contributed by atoms with E-state index in [4.69, 9.17) is 14.0 Å². The molecule has 2 unspecified atom stereocenters. The van der Waals surface area contributed by atoms with Gasteiger partial charge in [-0.2, -0.15) is 4.98 Å². The van der Waals surface area contributed by atoms with Crippen molar-refractivity contribution in [1.29, 1.82) is 0 Å². The number of hydrogen-bond acceptors (Lipinski definition) is 6. The Morgan fingerprint density at radius 2 is 2.24 bits per heavy atom. The van der Waals surface area contributed by atoms with Crippen molar-refractivity contribution < 1.29 is 14.0 Å². The molecule has 1 aromatic rings. The first kappa shape index (κ1) is 22.1. The van der Waals surface area contributed by atoms with Gasteiger partial charge in [0, 0.05) is 39.3 Å². The average molecular weight is 467 g/mol. The molecule has 0 radical (unpaired) electrons. The summed E-state index contributed by atoms with van der Waals surface area (Å²) in [4.78, 5) is 10.9. The maximum atomic E-state index is 5.52. The Morgan fingerprint density at radius 1 is 1.44 bits per heavy atom. The van der Waals surface area contributed by atoms with Crippen LogP contribution >= 0.6 is 24.0 Å². The van der Waals surface area contributed by atoms with Crippen molar-refractivity contribution in [1.82, 2.24) is 20.4 Å². The summed E-state index contributed by atoms with van der Waals surface area (Å²) in [6.45, 7) is 10.5. The van der Waals surface area contributed by atoms with Crippen molar-refractivity contribution >= 4 is 29.9 Å². The van der Waals surface area contributed by atoms with Crippen LogP contribution in [0.25, 0.3) is 0 Å². The van der Waals surface area contributed by atoms with E-state index in [1.54, 1.807) is 7.05 Å². The van der Waals surface area contributed by atoms with E-state index in [-0.39, 0.29) is 30.1 Å². The number of aromatic nitrogens is 2. The Hall–Kier alpha value is -0.940. The van der Waals surface area contributed by atoms with Crippen molar-refractivity contribution in [3.8, 4) is 0 Å². The van der Waals surface area contributed by atoms with Gasteiger partial charge in [0.2, 0.25) is 5.89 Å². The predicted molar refractivity (Wildman–Crippen MR) is 106 cm³/mol. The number of nitrogens with zero attached hydrogens (tertiary/aromatic N) is 4. The van der Waals surface area contributed by atoms with Crippen molar-refractivity contribution in [2.24, 2.45) is 10.9 Å². The molecule has 25 heavy (non-hydrogen) atoms. The maximum absolute atomic E-state index is 5.52. The molecule has 2 atom stereocenters. The molecule has 0 bridgehead atoms. The first-order valence-corrected chi connectivity index (χ1v) is 8.65. The zero-order valence-corrected chi connectivity index (χ0v) is 17.9. The van der Waals surface area contributed by atoms with E-state index < -0.39 is 0 Å². The maximum Gasteiger partial charge on any atom is 0.246 e. The minimum Gasteiger partial charge on any atom is -0.381 e. The lowest BCUT2D eigenvalue weighted by Crippen LogP contribution is -2.40. The zero-order valence-electron chi connectivity index (χ0n) is 15.5. The molecule has 9 heteroatoms. The molecule has 8 nitrogen and oxygen atoms in total. The fourth-order valence-electron chi connectivity index (χ4n) is 2.76. The second-order valence-electron chi connectivity index (χ2n) is 5.80. The van der Waals surface area contributed by atoms with Gasteiger partial charge >= 0.3 is 0 Å². The van der Waals surface area contributed by atoms with Crippen LogP contribution < -0.4 is 5.32 Å². The number of likely N-dealkylation sites (tertiary alicyclic amines) is 1. The fraction of sp³-hybridized carbons (Fsp3) is 0.812. The molecule has 1 N–H and O–H groups in total. The van der Waals surface area contributed by atoms with Crippen LogP contribution in [0, 0.1) is 5.92 Å². The molecule has 0 aliphatic carbocycles. The lowest BCUT2D eigenvalue weighted by Gasteiger charge is -2.21. The largest absolute Gasteiger partial charge is 0.381 e. The zero-order chi connectivity index (χ0) is 17.4. The smallest absolute Gasteiger partial charge is 0.246 e. The molecule has 0 spiro atoms. The second-order valence-corrected chi connectivity index (χ2v) is 5.80. The molecule has 1 saturated heterocycles. The monoisotopic (exact) mass is 467 g/mol. The summed E-state index contributed by atoms with van der Waals surface area (Å²) >= 11 is 0. The lowest BCUT2D eigenvalue weighted by molar-refractivity contribution is 0.0683. The molecule has 1 aromatic heterocycles. The van der Waals surface area contributed by atoms with E-state index in [0.29, 0.717) is 30.8 Å². The minimum atomic E-state index is -0.162. The van der Waals surface area contributed by atoms with E-state index in [1.807, 2.05) is 20.8 Å². The first-order valence-electron chi connectivity index (χ1n) is 8.65. The van der Waals surface area contributed by atoms with Gasteiger partial charge in [-0.25, -0.2) is 0 Å². The predicted octanol–water partition coefficient (Wildman–Crippen LogP) is 2.22. The highest BCUT2D eigenvalue weighted by Gasteiger charge is 2.25. The van der Waals surface area contributed by atoms with Gasteiger partial charge in [0.25, 0.3) is 0 Å². The van der Waals surface area contributed by atoms with Crippen LogP contribution in [0.3, 0.4) is 0 Å². The topological polar surface area (TPSA) is 85.0 Å². The van der Waals surface area contributed by atoms with Crippen LogP contribution in [0.4, 0.5) is 0 Å². The number of aliphatic imine (C=N–C) groups is 1. The Balaban J connectivity index is 0.00000312. The van der Waals surface area contributed by atoms with Crippen molar-refractivity contribution in [3.63, 3.8) is 0 Å². The normalized spacial score (nSPS) is 19.0. The summed E-state index contributed by atoms with van der Waals surface area (Å²) in [5.41, 5.74) is 0.